The van der Waals surface area contributed by atoms with Crippen molar-refractivity contribution in [2.45, 2.75) is 176 Å². The molecule has 0 N–H and O–H groups in total. The number of carbonyl (C=O) groups is 2. The SMILES string of the molecule is C#Cc1cc(OCCCCCCCCCC)c(C#Cc2cc(C(=O)OC(C)(C)C)c(C#CC)cc2C(=O)OC(C)(C)C)cc1OCCCCCCCCCC. The molecule has 0 aliphatic heterocycles. The molecule has 0 saturated heterocycles. The highest BCUT2D eigenvalue weighted by atomic mass is 16.6. The van der Waals surface area contributed by atoms with Gasteiger partial charge in [-0.3, -0.25) is 0 Å². The number of esters is 2. The fourth-order valence-corrected chi connectivity index (χ4v) is 5.93. The molecule has 0 unspecified atom stereocenters. The lowest BCUT2D eigenvalue weighted by molar-refractivity contribution is 0.00512. The van der Waals surface area contributed by atoms with Crippen LogP contribution in [0.1, 0.15) is 208 Å². The Morgan fingerprint density at radius 1 is 0.527 bits per heavy atom. The van der Waals surface area contributed by atoms with Crippen molar-refractivity contribution in [2.24, 2.45) is 0 Å². The Bertz CT molecular complexity index is 1670. The van der Waals surface area contributed by atoms with Crippen molar-refractivity contribution in [3.05, 3.63) is 57.6 Å². The molecule has 0 radical (unpaired) electrons. The molecule has 300 valence electrons. The van der Waals surface area contributed by atoms with Crippen molar-refractivity contribution < 1.29 is 28.5 Å². The second-order valence-electron chi connectivity index (χ2n) is 16.2. The third kappa shape index (κ3) is 18.7. The van der Waals surface area contributed by atoms with Gasteiger partial charge in [-0.2, -0.15) is 0 Å². The number of ether oxygens (including phenoxy) is 4. The summed E-state index contributed by atoms with van der Waals surface area (Å²) in [6.45, 7) is 18.0. The van der Waals surface area contributed by atoms with Gasteiger partial charge >= 0.3 is 11.9 Å². The molecule has 0 amide bonds. The van der Waals surface area contributed by atoms with E-state index in [9.17, 15) is 9.59 Å². The van der Waals surface area contributed by atoms with Crippen LogP contribution >= 0.6 is 0 Å². The van der Waals surface area contributed by atoms with Gasteiger partial charge in [0.15, 0.2) is 0 Å². The van der Waals surface area contributed by atoms with Gasteiger partial charge in [0.05, 0.1) is 35.5 Å². The summed E-state index contributed by atoms with van der Waals surface area (Å²) in [5.41, 5.74) is 0.723. The lowest BCUT2D eigenvalue weighted by atomic mass is 9.97. The summed E-state index contributed by atoms with van der Waals surface area (Å²) in [6, 6.07) is 6.78. The van der Waals surface area contributed by atoms with E-state index in [4.69, 9.17) is 25.4 Å². The minimum absolute atomic E-state index is 0.195. The van der Waals surface area contributed by atoms with E-state index in [1.165, 1.54) is 77.0 Å². The minimum Gasteiger partial charge on any atom is -0.492 e. The van der Waals surface area contributed by atoms with E-state index < -0.39 is 23.1 Å². The molecule has 2 rings (SSSR count). The molecule has 0 bridgehead atoms. The van der Waals surface area contributed by atoms with E-state index in [-0.39, 0.29) is 11.1 Å². The molecule has 0 fully saturated rings. The fourth-order valence-electron chi connectivity index (χ4n) is 5.93. The highest BCUT2D eigenvalue weighted by molar-refractivity contribution is 5.98. The van der Waals surface area contributed by atoms with Crippen molar-refractivity contribution in [1.29, 1.82) is 0 Å². The monoisotopic (exact) mass is 753 g/mol. The number of carbonyl (C=O) groups excluding carboxylic acids is 2. The first kappa shape index (κ1) is 46.8. The molecule has 6 heteroatoms. The Balaban J connectivity index is 2.54. The molecule has 0 aliphatic rings. The number of rotatable bonds is 22. The Labute approximate surface area is 334 Å². The summed E-state index contributed by atoms with van der Waals surface area (Å²) >= 11 is 0. The molecule has 2 aromatic carbocycles. The van der Waals surface area contributed by atoms with Crippen molar-refractivity contribution in [3.8, 4) is 47.5 Å². The molecule has 0 saturated carbocycles. The van der Waals surface area contributed by atoms with Gasteiger partial charge in [0, 0.05) is 23.3 Å². The third-order valence-corrected chi connectivity index (χ3v) is 8.73. The Hall–Kier alpha value is -4.34. The fraction of sp³-hybridized carbons (Fsp3) is 0.592. The molecule has 6 nitrogen and oxygen atoms in total. The van der Waals surface area contributed by atoms with Crippen LogP contribution in [0.15, 0.2) is 24.3 Å². The van der Waals surface area contributed by atoms with E-state index in [1.807, 2.05) is 12.1 Å². The van der Waals surface area contributed by atoms with E-state index in [2.05, 4.69) is 43.4 Å². The average molecular weight is 753 g/mol. The van der Waals surface area contributed by atoms with Gasteiger partial charge in [-0.1, -0.05) is 127 Å². The van der Waals surface area contributed by atoms with E-state index >= 15 is 0 Å². The molecule has 0 spiro atoms. The number of unbranched alkanes of at least 4 members (excludes halogenated alkanes) is 14. The largest absolute Gasteiger partial charge is 0.492 e. The topological polar surface area (TPSA) is 71.1 Å². The predicted octanol–water partition coefficient (Wildman–Crippen LogP) is 12.4. The van der Waals surface area contributed by atoms with Gasteiger partial charge in [0.2, 0.25) is 0 Å². The van der Waals surface area contributed by atoms with Crippen LogP contribution in [-0.4, -0.2) is 36.4 Å². The first-order valence-electron chi connectivity index (χ1n) is 20.7. The van der Waals surface area contributed by atoms with Crippen LogP contribution in [0, 0.1) is 36.0 Å². The van der Waals surface area contributed by atoms with Crippen LogP contribution < -0.4 is 9.47 Å². The number of benzene rings is 2. The van der Waals surface area contributed by atoms with Crippen LogP contribution in [0.4, 0.5) is 0 Å². The third-order valence-electron chi connectivity index (χ3n) is 8.73. The van der Waals surface area contributed by atoms with Crippen LogP contribution in [0.3, 0.4) is 0 Å². The highest BCUT2D eigenvalue weighted by Gasteiger charge is 2.26. The second-order valence-corrected chi connectivity index (χ2v) is 16.2. The number of hydrogen-bond acceptors (Lipinski definition) is 6. The summed E-state index contributed by atoms with van der Waals surface area (Å²) in [5, 5.41) is 0. The van der Waals surface area contributed by atoms with E-state index in [0.29, 0.717) is 47.0 Å². The Morgan fingerprint density at radius 2 is 0.891 bits per heavy atom. The molecule has 2 aromatic rings. The van der Waals surface area contributed by atoms with Crippen LogP contribution in [0.25, 0.3) is 0 Å². The van der Waals surface area contributed by atoms with E-state index in [1.54, 1.807) is 60.6 Å². The van der Waals surface area contributed by atoms with Gasteiger partial charge in [0.1, 0.15) is 22.7 Å². The molecular weight excluding hydrogens is 685 g/mol. The Morgan fingerprint density at radius 3 is 1.29 bits per heavy atom. The van der Waals surface area contributed by atoms with Gasteiger partial charge < -0.3 is 18.9 Å². The van der Waals surface area contributed by atoms with Crippen molar-refractivity contribution in [3.63, 3.8) is 0 Å². The molecule has 0 heterocycles. The highest BCUT2D eigenvalue weighted by Crippen LogP contribution is 2.30. The maximum Gasteiger partial charge on any atom is 0.339 e. The quantitative estimate of drug-likeness (QED) is 0.0677. The lowest BCUT2D eigenvalue weighted by Crippen LogP contribution is -2.26. The molecule has 0 aromatic heterocycles. The minimum atomic E-state index is -0.759. The molecular formula is C49H68O6. The summed E-state index contributed by atoms with van der Waals surface area (Å²) in [5.74, 6) is 15.0. The lowest BCUT2D eigenvalue weighted by Gasteiger charge is -2.22. The summed E-state index contributed by atoms with van der Waals surface area (Å²) in [7, 11) is 0. The normalized spacial score (nSPS) is 11.1. The zero-order valence-corrected chi connectivity index (χ0v) is 35.6. The van der Waals surface area contributed by atoms with Crippen molar-refractivity contribution in [2.75, 3.05) is 13.2 Å². The summed E-state index contributed by atoms with van der Waals surface area (Å²) in [6.07, 6.45) is 25.1. The van der Waals surface area contributed by atoms with Gasteiger partial charge in [-0.05, 0) is 73.4 Å². The smallest absolute Gasteiger partial charge is 0.339 e. The Kier molecular flexibility index (Phi) is 21.2. The standard InChI is InChI=1S/C49H68O6/c1-11-15-17-19-21-23-25-27-32-52-44-37-41(45(36-38(44)14-4)53-33-28-26-24-22-20-18-16-12-2)31-30-40-35-42(46(50)54-48(5,6)7)39(29-13-3)34-43(40)47(51)55-49(8,9)10/h4,34-37H,11-12,15-28,32-33H2,1-3,5-10H3. The average Bonchev–Trinajstić information content (AvgIpc) is 3.11. The molecule has 0 aliphatic carbocycles. The van der Waals surface area contributed by atoms with Gasteiger partial charge in [0.25, 0.3) is 0 Å². The van der Waals surface area contributed by atoms with Gasteiger partial charge in [-0.15, -0.1) is 12.3 Å². The van der Waals surface area contributed by atoms with Crippen LogP contribution in [0.2, 0.25) is 0 Å². The second kappa shape index (κ2) is 24.9. The molecule has 55 heavy (non-hydrogen) atoms. The van der Waals surface area contributed by atoms with E-state index in [0.717, 1.165) is 25.7 Å². The maximum absolute atomic E-state index is 13.6. The maximum atomic E-state index is 13.6. The first-order valence-corrected chi connectivity index (χ1v) is 20.7. The first-order chi connectivity index (χ1) is 26.2. The zero-order chi connectivity index (χ0) is 40.7. The summed E-state index contributed by atoms with van der Waals surface area (Å²) in [4.78, 5) is 27.0. The van der Waals surface area contributed by atoms with Crippen LogP contribution in [0.5, 0.6) is 11.5 Å². The molecule has 0 atom stereocenters. The number of terminal acetylenes is 1. The zero-order valence-electron chi connectivity index (χ0n) is 35.6. The van der Waals surface area contributed by atoms with Crippen molar-refractivity contribution in [1.82, 2.24) is 0 Å². The van der Waals surface area contributed by atoms with Gasteiger partial charge in [-0.25, -0.2) is 9.59 Å². The van der Waals surface area contributed by atoms with Crippen LogP contribution in [-0.2, 0) is 9.47 Å². The predicted molar refractivity (Wildman–Crippen MR) is 226 cm³/mol. The number of hydrogen-bond donors (Lipinski definition) is 0. The van der Waals surface area contributed by atoms with Crippen molar-refractivity contribution >= 4 is 11.9 Å². The summed E-state index contributed by atoms with van der Waals surface area (Å²) < 4.78 is 24.1.